The molecule has 1 unspecified atom stereocenters. The predicted octanol–water partition coefficient (Wildman–Crippen LogP) is 2.90. The first kappa shape index (κ1) is 9.40. The van der Waals surface area contributed by atoms with Gasteiger partial charge in [-0.2, -0.15) is 0 Å². The molecule has 1 aromatic heterocycles. The molecule has 1 aromatic rings. The number of rotatable bonds is 3. The van der Waals surface area contributed by atoms with Crippen molar-refractivity contribution in [3.05, 3.63) is 3.92 Å². The van der Waals surface area contributed by atoms with E-state index in [0.717, 1.165) is 15.0 Å². The van der Waals surface area contributed by atoms with Crippen LogP contribution < -0.4 is 5.32 Å². The first-order valence-electron chi connectivity index (χ1n) is 4.51. The molecular weight excluding hydrogens is 250 g/mol. The van der Waals surface area contributed by atoms with Gasteiger partial charge in [0.1, 0.15) is 0 Å². The summed E-state index contributed by atoms with van der Waals surface area (Å²) in [5.41, 5.74) is 0. The maximum atomic E-state index is 4.01. The van der Waals surface area contributed by atoms with Gasteiger partial charge in [0.2, 0.25) is 5.13 Å². The largest absolute Gasteiger partial charge is 0.357 e. The van der Waals surface area contributed by atoms with Gasteiger partial charge >= 0.3 is 0 Å². The molecule has 0 amide bonds. The monoisotopic (exact) mass is 261 g/mol. The number of nitrogens with one attached hydrogen (secondary N) is 1. The van der Waals surface area contributed by atoms with Crippen LogP contribution in [0.2, 0.25) is 0 Å². The van der Waals surface area contributed by atoms with E-state index in [2.05, 4.69) is 38.4 Å². The predicted molar refractivity (Wildman–Crippen MR) is 58.0 cm³/mol. The molecule has 1 atom stereocenters. The highest BCUT2D eigenvalue weighted by Crippen LogP contribution is 2.31. The number of halogens is 1. The van der Waals surface area contributed by atoms with Crippen LogP contribution in [0.5, 0.6) is 0 Å². The van der Waals surface area contributed by atoms with E-state index in [-0.39, 0.29) is 0 Å². The van der Waals surface area contributed by atoms with Gasteiger partial charge in [-0.15, -0.1) is 10.2 Å². The first-order valence-corrected chi connectivity index (χ1v) is 6.12. The Labute approximate surface area is 90.1 Å². The van der Waals surface area contributed by atoms with Crippen LogP contribution >= 0.6 is 27.3 Å². The van der Waals surface area contributed by atoms with Gasteiger partial charge in [-0.1, -0.05) is 17.8 Å². The second kappa shape index (κ2) is 3.92. The molecule has 13 heavy (non-hydrogen) atoms. The van der Waals surface area contributed by atoms with Crippen LogP contribution in [0, 0.1) is 5.92 Å². The lowest BCUT2D eigenvalue weighted by atomic mass is 9.80. The topological polar surface area (TPSA) is 37.8 Å². The molecule has 0 saturated heterocycles. The van der Waals surface area contributed by atoms with E-state index in [1.54, 1.807) is 11.3 Å². The van der Waals surface area contributed by atoms with E-state index in [1.165, 1.54) is 19.3 Å². The SMILES string of the molecule is CC(Nc1nnc(Br)s1)C1CCC1. The summed E-state index contributed by atoms with van der Waals surface area (Å²) in [5.74, 6) is 0.836. The normalized spacial score (nSPS) is 19.5. The number of aromatic nitrogens is 2. The summed E-state index contributed by atoms with van der Waals surface area (Å²) >= 11 is 4.85. The third kappa shape index (κ3) is 2.20. The number of anilines is 1. The van der Waals surface area contributed by atoms with Gasteiger partial charge in [-0.05, 0) is 41.6 Å². The van der Waals surface area contributed by atoms with Crippen molar-refractivity contribution >= 4 is 32.4 Å². The molecular formula is C8H12BrN3S. The van der Waals surface area contributed by atoms with Gasteiger partial charge in [0.25, 0.3) is 0 Å². The number of nitrogens with zero attached hydrogens (tertiary/aromatic N) is 2. The molecule has 2 rings (SSSR count). The molecule has 1 saturated carbocycles. The molecule has 1 heterocycles. The zero-order valence-electron chi connectivity index (χ0n) is 7.46. The van der Waals surface area contributed by atoms with E-state index >= 15 is 0 Å². The summed E-state index contributed by atoms with van der Waals surface area (Å²) in [6.07, 6.45) is 4.10. The van der Waals surface area contributed by atoms with Crippen molar-refractivity contribution in [1.82, 2.24) is 10.2 Å². The minimum Gasteiger partial charge on any atom is -0.357 e. The number of hydrogen-bond acceptors (Lipinski definition) is 4. The minimum absolute atomic E-state index is 0.536. The quantitative estimate of drug-likeness (QED) is 0.910. The van der Waals surface area contributed by atoms with Gasteiger partial charge in [-0.3, -0.25) is 0 Å². The Kier molecular flexibility index (Phi) is 2.83. The smallest absolute Gasteiger partial charge is 0.206 e. The van der Waals surface area contributed by atoms with Crippen molar-refractivity contribution in [2.75, 3.05) is 5.32 Å². The summed E-state index contributed by atoms with van der Waals surface area (Å²) in [6.45, 7) is 2.22. The lowest BCUT2D eigenvalue weighted by Gasteiger charge is -2.31. The Hall–Kier alpha value is -0.160. The molecule has 3 nitrogen and oxygen atoms in total. The van der Waals surface area contributed by atoms with Crippen LogP contribution in [0.4, 0.5) is 5.13 Å². The zero-order valence-corrected chi connectivity index (χ0v) is 9.86. The highest BCUT2D eigenvalue weighted by molar-refractivity contribution is 9.11. The summed E-state index contributed by atoms with van der Waals surface area (Å²) < 4.78 is 0.843. The average molecular weight is 262 g/mol. The van der Waals surface area contributed by atoms with Gasteiger partial charge in [-0.25, -0.2) is 0 Å². The van der Waals surface area contributed by atoms with E-state index in [4.69, 9.17) is 0 Å². The summed E-state index contributed by atoms with van der Waals surface area (Å²) in [5, 5.41) is 12.2. The molecule has 1 aliphatic carbocycles. The van der Waals surface area contributed by atoms with Crippen LogP contribution in [0.1, 0.15) is 26.2 Å². The fraction of sp³-hybridized carbons (Fsp3) is 0.750. The summed E-state index contributed by atoms with van der Waals surface area (Å²) in [4.78, 5) is 0. The molecule has 5 heteroatoms. The molecule has 0 aliphatic heterocycles. The maximum absolute atomic E-state index is 4.01. The third-order valence-corrected chi connectivity index (χ3v) is 3.90. The van der Waals surface area contributed by atoms with E-state index < -0.39 is 0 Å². The third-order valence-electron chi connectivity index (χ3n) is 2.61. The lowest BCUT2D eigenvalue weighted by molar-refractivity contribution is 0.285. The molecule has 1 aliphatic rings. The highest BCUT2D eigenvalue weighted by atomic mass is 79.9. The Morgan fingerprint density at radius 2 is 2.31 bits per heavy atom. The van der Waals surface area contributed by atoms with Gasteiger partial charge < -0.3 is 5.32 Å². The molecule has 0 radical (unpaired) electrons. The van der Waals surface area contributed by atoms with Gasteiger partial charge in [0, 0.05) is 6.04 Å². The second-order valence-corrected chi connectivity index (χ2v) is 5.74. The lowest BCUT2D eigenvalue weighted by Crippen LogP contribution is -2.30. The van der Waals surface area contributed by atoms with Crippen LogP contribution in [0.3, 0.4) is 0 Å². The van der Waals surface area contributed by atoms with Gasteiger partial charge in [0.05, 0.1) is 0 Å². The molecule has 1 N–H and O–H groups in total. The van der Waals surface area contributed by atoms with Crippen LogP contribution in [0.15, 0.2) is 3.92 Å². The molecule has 1 fully saturated rings. The fourth-order valence-corrected chi connectivity index (χ4v) is 2.62. The zero-order chi connectivity index (χ0) is 9.26. The number of hydrogen-bond donors (Lipinski definition) is 1. The Bertz CT molecular complexity index is 285. The molecule has 0 aromatic carbocycles. The Balaban J connectivity index is 1.89. The van der Waals surface area contributed by atoms with Crippen molar-refractivity contribution in [1.29, 1.82) is 0 Å². The van der Waals surface area contributed by atoms with Gasteiger partial charge in [0.15, 0.2) is 3.92 Å². The van der Waals surface area contributed by atoms with E-state index in [0.29, 0.717) is 6.04 Å². The summed E-state index contributed by atoms with van der Waals surface area (Å²) in [7, 11) is 0. The maximum Gasteiger partial charge on any atom is 0.206 e. The van der Waals surface area contributed by atoms with Crippen LogP contribution in [-0.2, 0) is 0 Å². The van der Waals surface area contributed by atoms with Crippen LogP contribution in [-0.4, -0.2) is 16.2 Å². The second-order valence-electron chi connectivity index (χ2n) is 3.48. The average Bonchev–Trinajstić information content (AvgIpc) is 2.31. The molecule has 72 valence electrons. The van der Waals surface area contributed by atoms with E-state index in [1.807, 2.05) is 0 Å². The molecule has 0 spiro atoms. The van der Waals surface area contributed by atoms with Crippen molar-refractivity contribution in [2.24, 2.45) is 5.92 Å². The Morgan fingerprint density at radius 3 is 2.77 bits per heavy atom. The molecule has 0 bridgehead atoms. The van der Waals surface area contributed by atoms with Crippen molar-refractivity contribution in [3.63, 3.8) is 0 Å². The van der Waals surface area contributed by atoms with Crippen molar-refractivity contribution in [2.45, 2.75) is 32.2 Å². The first-order chi connectivity index (χ1) is 6.25. The minimum atomic E-state index is 0.536. The Morgan fingerprint density at radius 1 is 1.54 bits per heavy atom. The van der Waals surface area contributed by atoms with E-state index in [9.17, 15) is 0 Å². The van der Waals surface area contributed by atoms with Crippen molar-refractivity contribution < 1.29 is 0 Å². The highest BCUT2D eigenvalue weighted by Gasteiger charge is 2.24. The summed E-state index contributed by atoms with van der Waals surface area (Å²) in [6, 6.07) is 0.536. The standard InChI is InChI=1S/C8H12BrN3S/c1-5(6-3-2-4-6)10-8-12-11-7(9)13-8/h5-6H,2-4H2,1H3,(H,10,12). The fourth-order valence-electron chi connectivity index (χ4n) is 1.52. The van der Waals surface area contributed by atoms with Crippen molar-refractivity contribution in [3.8, 4) is 0 Å². The van der Waals surface area contributed by atoms with Crippen LogP contribution in [0.25, 0.3) is 0 Å².